The number of likely N-dealkylation sites (N-methyl/N-ethyl adjacent to an activating group) is 1. The van der Waals surface area contributed by atoms with Gasteiger partial charge >= 0.3 is 0 Å². The van der Waals surface area contributed by atoms with Crippen molar-refractivity contribution in [1.82, 2.24) is 0 Å². The fourth-order valence-electron chi connectivity index (χ4n) is 1.78. The second-order valence-corrected chi connectivity index (χ2v) is 5.01. The van der Waals surface area contributed by atoms with Crippen LogP contribution >= 0.6 is 12.4 Å². The topological polar surface area (TPSA) is 46.3 Å². The fourth-order valence-corrected chi connectivity index (χ4v) is 1.78. The number of nitrogens with zero attached hydrogens (tertiary/aromatic N) is 1. The molecule has 2 N–H and O–H groups in total. The van der Waals surface area contributed by atoms with Crippen LogP contribution in [0, 0.1) is 19.8 Å². The van der Waals surface area contributed by atoms with Crippen molar-refractivity contribution in [3.8, 4) is 0 Å². The molecule has 0 aliphatic carbocycles. The van der Waals surface area contributed by atoms with E-state index in [1.165, 1.54) is 0 Å². The van der Waals surface area contributed by atoms with Crippen molar-refractivity contribution in [2.45, 2.75) is 33.7 Å². The van der Waals surface area contributed by atoms with Crippen molar-refractivity contribution in [3.05, 3.63) is 29.3 Å². The van der Waals surface area contributed by atoms with E-state index in [0.717, 1.165) is 16.8 Å². The van der Waals surface area contributed by atoms with Crippen LogP contribution in [0.2, 0.25) is 0 Å². The summed E-state index contributed by atoms with van der Waals surface area (Å²) in [6.45, 7) is 7.96. The highest BCUT2D eigenvalue weighted by molar-refractivity contribution is 5.96. The third kappa shape index (κ3) is 4.00. The average molecular weight is 271 g/mol. The lowest BCUT2D eigenvalue weighted by molar-refractivity contribution is -0.120. The fraction of sp³-hybridized carbons (Fsp3) is 0.500. The number of aryl methyl sites for hydroxylation is 2. The van der Waals surface area contributed by atoms with Crippen LogP contribution < -0.4 is 10.6 Å². The smallest absolute Gasteiger partial charge is 0.243 e. The molecule has 1 rings (SSSR count). The summed E-state index contributed by atoms with van der Waals surface area (Å²) in [7, 11) is 1.78. The minimum Gasteiger partial charge on any atom is -0.320 e. The maximum Gasteiger partial charge on any atom is 0.243 e. The molecule has 0 aromatic heterocycles. The van der Waals surface area contributed by atoms with Gasteiger partial charge in [-0.1, -0.05) is 19.9 Å². The number of nitrogens with two attached hydrogens (primary N) is 1. The summed E-state index contributed by atoms with van der Waals surface area (Å²) in [5.74, 6) is 0.112. The number of amides is 1. The molecule has 0 fully saturated rings. The standard InChI is InChI=1S/C14H22N2O.ClH/c1-9(2)13(15)14(17)16(5)12-7-10(3)6-11(4)8-12;/h6-9,13H,15H2,1-5H3;1H. The van der Waals surface area contributed by atoms with Gasteiger partial charge in [0.2, 0.25) is 5.91 Å². The van der Waals surface area contributed by atoms with Crippen LogP contribution in [0.25, 0.3) is 0 Å². The van der Waals surface area contributed by atoms with E-state index < -0.39 is 6.04 Å². The Bertz CT molecular complexity index is 398. The Morgan fingerprint density at radius 1 is 1.17 bits per heavy atom. The van der Waals surface area contributed by atoms with Crippen molar-refractivity contribution < 1.29 is 4.79 Å². The zero-order valence-electron chi connectivity index (χ0n) is 11.7. The summed E-state index contributed by atoms with van der Waals surface area (Å²) >= 11 is 0. The second-order valence-electron chi connectivity index (χ2n) is 5.01. The van der Waals surface area contributed by atoms with Crippen LogP contribution in [0.4, 0.5) is 5.69 Å². The lowest BCUT2D eigenvalue weighted by atomic mass is 10.0. The molecular weight excluding hydrogens is 248 g/mol. The Morgan fingerprint density at radius 3 is 2.00 bits per heavy atom. The first kappa shape index (κ1) is 16.9. The van der Waals surface area contributed by atoms with Gasteiger partial charge in [0.1, 0.15) is 0 Å². The summed E-state index contributed by atoms with van der Waals surface area (Å²) in [6, 6.07) is 5.64. The highest BCUT2D eigenvalue weighted by Gasteiger charge is 2.22. The summed E-state index contributed by atoms with van der Waals surface area (Å²) in [5, 5.41) is 0. The van der Waals surface area contributed by atoms with Gasteiger partial charge < -0.3 is 10.6 Å². The molecule has 0 saturated carbocycles. The van der Waals surface area contributed by atoms with E-state index in [-0.39, 0.29) is 24.2 Å². The number of benzene rings is 1. The molecule has 1 aromatic rings. The minimum absolute atomic E-state index is 0. The molecule has 3 nitrogen and oxygen atoms in total. The Labute approximate surface area is 116 Å². The largest absolute Gasteiger partial charge is 0.320 e. The summed E-state index contributed by atoms with van der Waals surface area (Å²) in [4.78, 5) is 13.8. The van der Waals surface area contributed by atoms with Gasteiger partial charge in [0, 0.05) is 12.7 Å². The lowest BCUT2D eigenvalue weighted by Crippen LogP contribution is -2.45. The third-order valence-corrected chi connectivity index (χ3v) is 2.93. The lowest BCUT2D eigenvalue weighted by Gasteiger charge is -2.24. The van der Waals surface area contributed by atoms with Gasteiger partial charge in [-0.05, 0) is 43.0 Å². The molecular formula is C14H23ClN2O. The van der Waals surface area contributed by atoms with Crippen molar-refractivity contribution >= 4 is 24.0 Å². The molecule has 0 spiro atoms. The number of halogens is 1. The molecule has 0 radical (unpaired) electrons. The molecule has 18 heavy (non-hydrogen) atoms. The van der Waals surface area contributed by atoms with Crippen LogP contribution in [0.3, 0.4) is 0 Å². The summed E-state index contributed by atoms with van der Waals surface area (Å²) in [5.41, 5.74) is 9.09. The molecule has 0 heterocycles. The number of hydrogen-bond donors (Lipinski definition) is 1. The van der Waals surface area contributed by atoms with Gasteiger partial charge in [0.15, 0.2) is 0 Å². The van der Waals surface area contributed by atoms with Gasteiger partial charge in [0.25, 0.3) is 0 Å². The monoisotopic (exact) mass is 270 g/mol. The zero-order valence-corrected chi connectivity index (χ0v) is 12.5. The maximum atomic E-state index is 12.1. The summed E-state index contributed by atoms with van der Waals surface area (Å²) in [6.07, 6.45) is 0. The van der Waals surface area contributed by atoms with E-state index in [4.69, 9.17) is 5.73 Å². The highest BCUT2D eigenvalue weighted by atomic mass is 35.5. The average Bonchev–Trinajstić information content (AvgIpc) is 2.24. The van der Waals surface area contributed by atoms with Gasteiger partial charge in [-0.3, -0.25) is 4.79 Å². The molecule has 4 heteroatoms. The molecule has 1 amide bonds. The predicted octanol–water partition coefficient (Wildman–Crippen LogP) is 2.67. The van der Waals surface area contributed by atoms with E-state index in [0.29, 0.717) is 0 Å². The van der Waals surface area contributed by atoms with Gasteiger partial charge in [-0.2, -0.15) is 0 Å². The predicted molar refractivity (Wildman–Crippen MR) is 79.4 cm³/mol. The first-order chi connectivity index (χ1) is 7.82. The van der Waals surface area contributed by atoms with Crippen molar-refractivity contribution in [2.75, 3.05) is 11.9 Å². The first-order valence-electron chi connectivity index (χ1n) is 5.94. The quantitative estimate of drug-likeness (QED) is 0.918. The Kier molecular flexibility index (Phi) is 6.36. The van der Waals surface area contributed by atoms with E-state index in [9.17, 15) is 4.79 Å². The molecule has 1 atom stereocenters. The number of carbonyl (C=O) groups excluding carboxylic acids is 1. The molecule has 1 aromatic carbocycles. The molecule has 1 unspecified atom stereocenters. The van der Waals surface area contributed by atoms with Gasteiger partial charge in [-0.15, -0.1) is 12.4 Å². The van der Waals surface area contributed by atoms with Crippen LogP contribution in [-0.4, -0.2) is 19.0 Å². The minimum atomic E-state index is -0.444. The van der Waals surface area contributed by atoms with Crippen molar-refractivity contribution in [3.63, 3.8) is 0 Å². The second kappa shape index (κ2) is 6.76. The van der Waals surface area contributed by atoms with Crippen LogP contribution in [0.5, 0.6) is 0 Å². The summed E-state index contributed by atoms with van der Waals surface area (Å²) < 4.78 is 0. The van der Waals surface area contributed by atoms with Crippen LogP contribution in [0.1, 0.15) is 25.0 Å². The molecule has 0 aliphatic rings. The zero-order chi connectivity index (χ0) is 13.2. The van der Waals surface area contributed by atoms with Gasteiger partial charge in [0.05, 0.1) is 6.04 Å². The van der Waals surface area contributed by atoms with E-state index in [1.807, 2.05) is 39.8 Å². The van der Waals surface area contributed by atoms with Crippen LogP contribution in [0.15, 0.2) is 18.2 Å². The highest BCUT2D eigenvalue weighted by Crippen LogP contribution is 2.18. The molecule has 0 bridgehead atoms. The number of anilines is 1. The molecule has 0 aliphatic heterocycles. The van der Waals surface area contributed by atoms with Crippen molar-refractivity contribution in [2.24, 2.45) is 11.7 Å². The third-order valence-electron chi connectivity index (χ3n) is 2.93. The number of rotatable bonds is 3. The normalized spacial score (nSPS) is 11.9. The van der Waals surface area contributed by atoms with E-state index in [1.54, 1.807) is 11.9 Å². The number of carbonyl (C=O) groups is 1. The Balaban J connectivity index is 0.00000289. The Hall–Kier alpha value is -1.06. The molecule has 102 valence electrons. The van der Waals surface area contributed by atoms with E-state index >= 15 is 0 Å². The van der Waals surface area contributed by atoms with Crippen LogP contribution in [-0.2, 0) is 4.79 Å². The van der Waals surface area contributed by atoms with E-state index in [2.05, 4.69) is 6.07 Å². The van der Waals surface area contributed by atoms with Gasteiger partial charge in [-0.25, -0.2) is 0 Å². The number of hydrogen-bond acceptors (Lipinski definition) is 2. The Morgan fingerprint density at radius 2 is 1.61 bits per heavy atom. The van der Waals surface area contributed by atoms with Crippen molar-refractivity contribution in [1.29, 1.82) is 0 Å². The molecule has 0 saturated heterocycles. The maximum absolute atomic E-state index is 12.1. The SMILES string of the molecule is Cc1cc(C)cc(N(C)C(=O)C(N)C(C)C)c1.Cl. The first-order valence-corrected chi connectivity index (χ1v) is 5.94.